The molecule has 0 heterocycles. The first-order valence-corrected chi connectivity index (χ1v) is 6.05. The molecule has 1 rings (SSSR count). The van der Waals surface area contributed by atoms with E-state index in [0.717, 1.165) is 19.0 Å². The van der Waals surface area contributed by atoms with Gasteiger partial charge in [0.05, 0.1) is 0 Å². The van der Waals surface area contributed by atoms with Gasteiger partial charge in [-0.05, 0) is 26.0 Å². The minimum atomic E-state index is -1.10. The van der Waals surface area contributed by atoms with Crippen LogP contribution in [0.2, 0.25) is 0 Å². The van der Waals surface area contributed by atoms with Gasteiger partial charge in [-0.25, -0.2) is 5.11 Å². The van der Waals surface area contributed by atoms with E-state index in [1.54, 1.807) is 13.8 Å². The van der Waals surface area contributed by atoms with Gasteiger partial charge in [0.15, 0.2) is 0 Å². The zero-order valence-electron chi connectivity index (χ0n) is 7.20. The zero-order valence-corrected chi connectivity index (χ0v) is 12.0. The molecule has 0 bridgehead atoms. The predicted octanol–water partition coefficient (Wildman–Crippen LogP) is 4.64. The summed E-state index contributed by atoms with van der Waals surface area (Å²) in [5.41, 5.74) is -0.353. The van der Waals surface area contributed by atoms with Crippen LogP contribution in [0.1, 0.15) is 19.4 Å². The lowest BCUT2D eigenvalue weighted by atomic mass is 9.99. The topological polar surface area (TPSA) is 19.9 Å². The Bertz CT molecular complexity index is 305. The highest BCUT2D eigenvalue weighted by atomic mass is 79.9. The quantitative estimate of drug-likeness (QED) is 0.685. The van der Waals surface area contributed by atoms with Crippen molar-refractivity contribution in [2.24, 2.45) is 0 Å². The summed E-state index contributed by atoms with van der Waals surface area (Å²) in [7, 11) is 0. The van der Waals surface area contributed by atoms with Crippen LogP contribution >= 0.6 is 47.8 Å². The van der Waals surface area contributed by atoms with Gasteiger partial charge < -0.3 is 0 Å². The summed E-state index contributed by atoms with van der Waals surface area (Å²) in [5, 5.41) is 11.8. The smallest absolute Gasteiger partial charge is 0.125 e. The summed E-state index contributed by atoms with van der Waals surface area (Å²) in [4.78, 5) is 0. The maximum absolute atomic E-state index is 11.8. The Balaban J connectivity index is 3.38. The van der Waals surface area contributed by atoms with Crippen LogP contribution in [0.3, 0.4) is 0 Å². The lowest BCUT2D eigenvalue weighted by molar-refractivity contribution is -0.00137. The van der Waals surface area contributed by atoms with E-state index in [2.05, 4.69) is 47.8 Å². The van der Waals surface area contributed by atoms with Gasteiger partial charge in [-0.3, -0.25) is 0 Å². The molecule has 0 N–H and O–H groups in total. The molecule has 0 unspecified atom stereocenters. The first kappa shape index (κ1) is 11.7. The Morgan fingerprint density at radius 2 is 1.46 bits per heavy atom. The van der Waals surface area contributed by atoms with E-state index in [-0.39, 0.29) is 0 Å². The van der Waals surface area contributed by atoms with Crippen LogP contribution in [0.4, 0.5) is 0 Å². The fraction of sp³-hybridized carbons (Fsp3) is 0.333. The van der Waals surface area contributed by atoms with Gasteiger partial charge in [-0.15, -0.1) is 0 Å². The van der Waals surface area contributed by atoms with Crippen LogP contribution in [0.25, 0.3) is 0 Å². The summed E-state index contributed by atoms with van der Waals surface area (Å²) < 4.78 is 2.60. The molecule has 1 aromatic carbocycles. The molecule has 0 aliphatic carbocycles. The normalized spacial score (nSPS) is 11.8. The Morgan fingerprint density at radius 1 is 1.08 bits per heavy atom. The third-order valence-electron chi connectivity index (χ3n) is 1.61. The van der Waals surface area contributed by atoms with Crippen LogP contribution < -0.4 is 0 Å². The number of hydrogen-bond acceptors (Lipinski definition) is 0. The van der Waals surface area contributed by atoms with Crippen molar-refractivity contribution in [1.82, 2.24) is 0 Å². The summed E-state index contributed by atoms with van der Waals surface area (Å²) in [5.74, 6) is 0. The second kappa shape index (κ2) is 4.01. The first-order valence-electron chi connectivity index (χ1n) is 3.68. The molecular weight excluding hydrogens is 364 g/mol. The van der Waals surface area contributed by atoms with E-state index >= 15 is 0 Å². The highest BCUT2D eigenvalue weighted by Crippen LogP contribution is 2.37. The van der Waals surface area contributed by atoms with Crippen molar-refractivity contribution in [3.8, 4) is 0 Å². The molecule has 0 saturated carbocycles. The molecular formula is C9H8Br3O. The second-order valence-corrected chi connectivity index (χ2v) is 5.88. The van der Waals surface area contributed by atoms with E-state index < -0.39 is 5.60 Å². The minimum Gasteiger partial charge on any atom is -0.225 e. The SMILES string of the molecule is CC(C)([O])c1c(Br)cc(Br)cc1Br. The minimum absolute atomic E-state index is 0.746. The number of hydrogen-bond donors (Lipinski definition) is 0. The molecule has 71 valence electrons. The van der Waals surface area contributed by atoms with Crippen LogP contribution in [-0.2, 0) is 10.7 Å². The van der Waals surface area contributed by atoms with Crippen LogP contribution in [0.5, 0.6) is 0 Å². The van der Waals surface area contributed by atoms with Gasteiger partial charge in [-0.2, -0.15) is 0 Å². The molecule has 13 heavy (non-hydrogen) atoms. The third kappa shape index (κ3) is 2.78. The third-order valence-corrected chi connectivity index (χ3v) is 3.32. The summed E-state index contributed by atoms with van der Waals surface area (Å²) in [6, 6.07) is 3.75. The highest BCUT2D eigenvalue weighted by Gasteiger charge is 2.24. The molecule has 0 aromatic heterocycles. The van der Waals surface area contributed by atoms with E-state index in [9.17, 15) is 5.11 Å². The lowest BCUT2D eigenvalue weighted by Crippen LogP contribution is -2.15. The van der Waals surface area contributed by atoms with Crippen molar-refractivity contribution in [2.45, 2.75) is 19.4 Å². The molecule has 0 aliphatic heterocycles. The lowest BCUT2D eigenvalue weighted by Gasteiger charge is -2.18. The molecule has 1 aromatic rings. The maximum atomic E-state index is 11.8. The molecule has 0 atom stereocenters. The fourth-order valence-corrected chi connectivity index (χ4v) is 4.33. The molecule has 0 fully saturated rings. The first-order chi connectivity index (χ1) is 5.82. The Hall–Kier alpha value is 0.620. The van der Waals surface area contributed by atoms with Gasteiger partial charge in [0.1, 0.15) is 5.60 Å². The number of halogens is 3. The molecule has 0 amide bonds. The van der Waals surface area contributed by atoms with Gasteiger partial charge in [0, 0.05) is 19.0 Å². The second-order valence-electron chi connectivity index (χ2n) is 3.25. The molecule has 4 heteroatoms. The molecule has 0 aliphatic rings. The van der Waals surface area contributed by atoms with Gasteiger partial charge in [0.25, 0.3) is 0 Å². The number of benzene rings is 1. The Morgan fingerprint density at radius 3 is 1.77 bits per heavy atom. The van der Waals surface area contributed by atoms with Crippen LogP contribution in [0.15, 0.2) is 25.6 Å². The Labute approximate surface area is 103 Å². The number of rotatable bonds is 1. The van der Waals surface area contributed by atoms with Crippen molar-refractivity contribution >= 4 is 47.8 Å². The van der Waals surface area contributed by atoms with E-state index in [1.807, 2.05) is 12.1 Å². The zero-order chi connectivity index (χ0) is 10.2. The van der Waals surface area contributed by atoms with Gasteiger partial charge in [-0.1, -0.05) is 47.8 Å². The fourth-order valence-electron chi connectivity index (χ4n) is 1.12. The molecule has 0 saturated heterocycles. The maximum Gasteiger partial charge on any atom is 0.125 e. The standard InChI is InChI=1S/C9H8Br3O/c1-9(2,13)8-6(11)3-5(10)4-7(8)12/h3-4H,1-2H3. The van der Waals surface area contributed by atoms with Crippen molar-refractivity contribution in [1.29, 1.82) is 0 Å². The molecule has 0 spiro atoms. The predicted molar refractivity (Wildman–Crippen MR) is 63.3 cm³/mol. The summed E-state index contributed by atoms with van der Waals surface area (Å²) >= 11 is 10.1. The van der Waals surface area contributed by atoms with E-state index in [4.69, 9.17) is 0 Å². The van der Waals surface area contributed by atoms with E-state index in [1.165, 1.54) is 0 Å². The van der Waals surface area contributed by atoms with Crippen LogP contribution in [0, 0.1) is 0 Å². The average molecular weight is 372 g/mol. The Kier molecular flexibility index (Phi) is 3.60. The van der Waals surface area contributed by atoms with Crippen molar-refractivity contribution in [3.05, 3.63) is 31.1 Å². The summed E-state index contributed by atoms with van der Waals surface area (Å²) in [6.07, 6.45) is 0. The van der Waals surface area contributed by atoms with Crippen LogP contribution in [-0.4, -0.2) is 0 Å². The monoisotopic (exact) mass is 369 g/mol. The highest BCUT2D eigenvalue weighted by molar-refractivity contribution is 9.11. The molecule has 1 radical (unpaired) electrons. The van der Waals surface area contributed by atoms with Crippen molar-refractivity contribution in [2.75, 3.05) is 0 Å². The molecule has 1 nitrogen and oxygen atoms in total. The van der Waals surface area contributed by atoms with Crippen molar-refractivity contribution < 1.29 is 5.11 Å². The van der Waals surface area contributed by atoms with Gasteiger partial charge in [0.2, 0.25) is 0 Å². The summed E-state index contributed by atoms with van der Waals surface area (Å²) in [6.45, 7) is 3.29. The largest absolute Gasteiger partial charge is 0.225 e. The van der Waals surface area contributed by atoms with E-state index in [0.29, 0.717) is 0 Å². The van der Waals surface area contributed by atoms with Crippen molar-refractivity contribution in [3.63, 3.8) is 0 Å². The average Bonchev–Trinajstić information content (AvgIpc) is 1.78. The van der Waals surface area contributed by atoms with Gasteiger partial charge >= 0.3 is 0 Å².